The summed E-state index contributed by atoms with van der Waals surface area (Å²) in [6.07, 6.45) is 0. The van der Waals surface area contributed by atoms with Gasteiger partial charge in [0.05, 0.1) is 22.3 Å². The molecule has 9 aromatic carbocycles. The van der Waals surface area contributed by atoms with E-state index in [0.29, 0.717) is 17.5 Å². The van der Waals surface area contributed by atoms with Crippen LogP contribution in [-0.4, -0.2) is 19.5 Å². The maximum Gasteiger partial charge on any atom is 0.167 e. The van der Waals surface area contributed by atoms with Crippen LogP contribution in [0.15, 0.2) is 199 Å². The van der Waals surface area contributed by atoms with E-state index in [0.717, 1.165) is 66.5 Å². The Labute approximate surface area is 344 Å². The van der Waals surface area contributed by atoms with Crippen LogP contribution < -0.4 is 0 Å². The number of furan rings is 1. The van der Waals surface area contributed by atoms with Crippen molar-refractivity contribution in [1.29, 1.82) is 0 Å². The fourth-order valence-electron chi connectivity index (χ4n) is 9.54. The molecule has 0 spiro atoms. The van der Waals surface area contributed by atoms with Gasteiger partial charge in [-0.1, -0.05) is 164 Å². The van der Waals surface area contributed by atoms with Crippen molar-refractivity contribution in [2.75, 3.05) is 0 Å². The van der Waals surface area contributed by atoms with Crippen molar-refractivity contribution in [2.45, 2.75) is 0 Å². The monoisotopic (exact) mass is 764 g/mol. The van der Waals surface area contributed by atoms with Gasteiger partial charge in [0, 0.05) is 32.7 Å². The molecule has 5 heteroatoms. The average molecular weight is 765 g/mol. The van der Waals surface area contributed by atoms with E-state index in [2.05, 4.69) is 132 Å². The first-order valence-electron chi connectivity index (χ1n) is 20.3. The molecule has 0 bridgehead atoms. The number of hydrogen-bond donors (Lipinski definition) is 0. The van der Waals surface area contributed by atoms with Crippen LogP contribution >= 0.6 is 0 Å². The molecule has 0 aliphatic heterocycles. The van der Waals surface area contributed by atoms with E-state index >= 15 is 0 Å². The molecule has 0 amide bonds. The molecular formula is C55H32N4O. The lowest BCUT2D eigenvalue weighted by Crippen LogP contribution is -2.00. The number of aromatic nitrogens is 4. The maximum atomic E-state index is 7.26. The molecule has 1 aliphatic rings. The lowest BCUT2D eigenvalue weighted by molar-refractivity contribution is 0.667. The number of para-hydroxylation sites is 1. The molecule has 0 fully saturated rings. The molecule has 1 aliphatic carbocycles. The Bertz CT molecular complexity index is 3640. The molecular weight excluding hydrogens is 733 g/mol. The van der Waals surface area contributed by atoms with Crippen molar-refractivity contribution in [2.24, 2.45) is 0 Å². The average Bonchev–Trinajstić information content (AvgIpc) is 3.84. The van der Waals surface area contributed by atoms with E-state index in [4.69, 9.17) is 19.4 Å². The highest BCUT2D eigenvalue weighted by Crippen LogP contribution is 2.50. The first kappa shape index (κ1) is 32.9. The first-order valence-corrected chi connectivity index (χ1v) is 20.3. The molecule has 0 N–H and O–H groups in total. The summed E-state index contributed by atoms with van der Waals surface area (Å²) < 4.78 is 9.67. The van der Waals surface area contributed by atoms with Gasteiger partial charge in [-0.25, -0.2) is 15.0 Å². The molecule has 3 aromatic heterocycles. The minimum atomic E-state index is 0.549. The summed E-state index contributed by atoms with van der Waals surface area (Å²) in [5.74, 6) is 1.75. The van der Waals surface area contributed by atoms with Crippen LogP contribution in [0.5, 0.6) is 0 Å². The minimum Gasteiger partial charge on any atom is -0.453 e. The normalized spacial score (nSPS) is 12.0. The van der Waals surface area contributed by atoms with Gasteiger partial charge in [-0.15, -0.1) is 0 Å². The van der Waals surface area contributed by atoms with E-state index < -0.39 is 0 Å². The third-order valence-electron chi connectivity index (χ3n) is 12.2. The van der Waals surface area contributed by atoms with Crippen molar-refractivity contribution in [1.82, 2.24) is 19.5 Å². The predicted molar refractivity (Wildman–Crippen MR) is 245 cm³/mol. The summed E-state index contributed by atoms with van der Waals surface area (Å²) in [6.45, 7) is 0. The summed E-state index contributed by atoms with van der Waals surface area (Å²) in [7, 11) is 0. The lowest BCUT2D eigenvalue weighted by Gasteiger charge is -2.13. The topological polar surface area (TPSA) is 56.7 Å². The number of fused-ring (bicyclic) bond motifs is 6. The molecule has 13 rings (SSSR count). The summed E-state index contributed by atoms with van der Waals surface area (Å²) in [5, 5.41) is 7.04. The second-order valence-electron chi connectivity index (χ2n) is 15.5. The predicted octanol–water partition coefficient (Wildman–Crippen LogP) is 14.3. The highest BCUT2D eigenvalue weighted by Gasteiger charge is 2.27. The molecule has 278 valence electrons. The maximum absolute atomic E-state index is 7.26. The minimum absolute atomic E-state index is 0.549. The van der Waals surface area contributed by atoms with Crippen molar-refractivity contribution >= 4 is 54.5 Å². The zero-order valence-corrected chi connectivity index (χ0v) is 32.2. The summed E-state index contributed by atoms with van der Waals surface area (Å²) in [4.78, 5) is 15.4. The summed E-state index contributed by atoms with van der Waals surface area (Å²) >= 11 is 0. The quantitative estimate of drug-likeness (QED) is 0.175. The van der Waals surface area contributed by atoms with Gasteiger partial charge in [-0.3, -0.25) is 0 Å². The molecule has 3 heterocycles. The second kappa shape index (κ2) is 12.7. The second-order valence-corrected chi connectivity index (χ2v) is 15.5. The SMILES string of the molecule is c1ccc(-c2cc(-c3nc(-c4ccccc4)nc(-c4ccccc4)n3)c3oc4c(-n5c6cccc7c6c6c8c(cccc8ccc65)-c5ccccc5-7)cccc4c3c2)cc1. The van der Waals surface area contributed by atoms with Crippen molar-refractivity contribution < 1.29 is 4.42 Å². The van der Waals surface area contributed by atoms with Crippen molar-refractivity contribution in [3.63, 3.8) is 0 Å². The largest absolute Gasteiger partial charge is 0.453 e. The van der Waals surface area contributed by atoms with E-state index in [1.807, 2.05) is 66.7 Å². The Balaban J connectivity index is 1.13. The standard InChI is InChI=1S/C55H32N4O/c1-4-15-33(16-5-1)37-31-43-42-26-14-28-47(52(42)60-51(43)44(32-37)55-57-53(35-17-6-2-7-18-35)56-54(58-55)36-19-8-3-9-20-36)59-45-27-13-25-41-39-23-11-10-22-38(39)40-24-12-21-34-29-30-46(59)50(48(34)40)49(41)45/h1-32H. The van der Waals surface area contributed by atoms with Gasteiger partial charge in [-0.2, -0.15) is 0 Å². The molecule has 0 saturated heterocycles. The zero-order chi connectivity index (χ0) is 39.3. The summed E-state index contributed by atoms with van der Waals surface area (Å²) in [6, 6.07) is 68.4. The van der Waals surface area contributed by atoms with Gasteiger partial charge in [0.25, 0.3) is 0 Å². The Morgan fingerprint density at radius 3 is 1.60 bits per heavy atom. The van der Waals surface area contributed by atoms with Crippen LogP contribution in [0.1, 0.15) is 0 Å². The number of rotatable bonds is 5. The number of benzene rings is 9. The van der Waals surface area contributed by atoms with E-state index in [-0.39, 0.29) is 0 Å². The van der Waals surface area contributed by atoms with Crippen LogP contribution in [-0.2, 0) is 0 Å². The van der Waals surface area contributed by atoms with Crippen molar-refractivity contribution in [3.05, 3.63) is 194 Å². The number of hydrogen-bond acceptors (Lipinski definition) is 4. The van der Waals surface area contributed by atoms with Crippen LogP contribution in [0, 0.1) is 0 Å². The fraction of sp³-hybridized carbons (Fsp3) is 0. The Hall–Kier alpha value is -8.15. The molecule has 60 heavy (non-hydrogen) atoms. The van der Waals surface area contributed by atoms with Gasteiger partial charge >= 0.3 is 0 Å². The molecule has 0 atom stereocenters. The smallest absolute Gasteiger partial charge is 0.167 e. The Kier molecular flexibility index (Phi) is 6.95. The van der Waals surface area contributed by atoms with Gasteiger partial charge in [-0.05, 0) is 74.5 Å². The summed E-state index contributed by atoms with van der Waals surface area (Å²) in [5.41, 5.74) is 14.6. The van der Waals surface area contributed by atoms with E-state index in [1.54, 1.807) is 0 Å². The van der Waals surface area contributed by atoms with E-state index in [9.17, 15) is 0 Å². The van der Waals surface area contributed by atoms with Crippen LogP contribution in [0.3, 0.4) is 0 Å². The zero-order valence-electron chi connectivity index (χ0n) is 32.2. The van der Waals surface area contributed by atoms with Crippen LogP contribution in [0.25, 0.3) is 128 Å². The fourth-order valence-corrected chi connectivity index (χ4v) is 9.54. The molecule has 0 unspecified atom stereocenters. The molecule has 0 saturated carbocycles. The van der Waals surface area contributed by atoms with Gasteiger partial charge < -0.3 is 8.98 Å². The van der Waals surface area contributed by atoms with Crippen molar-refractivity contribution in [3.8, 4) is 73.2 Å². The molecule has 5 nitrogen and oxygen atoms in total. The Morgan fingerprint density at radius 1 is 0.333 bits per heavy atom. The third-order valence-corrected chi connectivity index (χ3v) is 12.2. The highest BCUT2D eigenvalue weighted by atomic mass is 16.3. The number of nitrogens with zero attached hydrogens (tertiary/aromatic N) is 4. The van der Waals surface area contributed by atoms with Gasteiger partial charge in [0.1, 0.15) is 5.58 Å². The molecule has 12 aromatic rings. The van der Waals surface area contributed by atoms with Gasteiger partial charge in [0.15, 0.2) is 23.1 Å². The lowest BCUT2D eigenvalue weighted by atomic mass is 9.93. The Morgan fingerprint density at radius 2 is 0.900 bits per heavy atom. The van der Waals surface area contributed by atoms with Crippen LogP contribution in [0.4, 0.5) is 0 Å². The molecule has 0 radical (unpaired) electrons. The van der Waals surface area contributed by atoms with E-state index in [1.165, 1.54) is 43.8 Å². The van der Waals surface area contributed by atoms with Gasteiger partial charge in [0.2, 0.25) is 0 Å². The first-order chi connectivity index (χ1) is 29.8. The highest BCUT2D eigenvalue weighted by molar-refractivity contribution is 6.30. The third kappa shape index (κ3) is 4.77. The van der Waals surface area contributed by atoms with Crippen LogP contribution in [0.2, 0.25) is 0 Å².